The fraction of sp³-hybridized carbons (Fsp3) is 0.300. The van der Waals surface area contributed by atoms with Crippen molar-refractivity contribution in [1.82, 2.24) is 0 Å². The van der Waals surface area contributed by atoms with E-state index in [1.54, 1.807) is 6.07 Å². The normalized spacial score (nSPS) is 17.6. The van der Waals surface area contributed by atoms with E-state index in [0.717, 1.165) is 12.1 Å². The number of rotatable bonds is 2. The lowest BCUT2D eigenvalue weighted by Crippen LogP contribution is -2.19. The maximum Gasteiger partial charge on any atom is 0.293 e. The van der Waals surface area contributed by atoms with Gasteiger partial charge < -0.3 is 0 Å². The molecule has 1 aromatic rings. The first-order valence-corrected chi connectivity index (χ1v) is 8.16. The van der Waals surface area contributed by atoms with Gasteiger partial charge in [-0.3, -0.25) is 0 Å². The van der Waals surface area contributed by atoms with Gasteiger partial charge in [-0.25, -0.2) is 13.2 Å². The predicted molar refractivity (Wildman–Crippen MR) is 62.1 cm³/mol. The summed E-state index contributed by atoms with van der Waals surface area (Å²) in [6.07, 6.45) is 1.88. The van der Waals surface area contributed by atoms with Crippen LogP contribution < -0.4 is 0 Å². The fourth-order valence-electron chi connectivity index (χ4n) is 1.97. The first kappa shape index (κ1) is 12.9. The highest BCUT2D eigenvalue weighted by Crippen LogP contribution is 2.31. The first-order chi connectivity index (χ1) is 8.38. The molecule has 6 nitrogen and oxygen atoms in total. The van der Waals surface area contributed by atoms with Crippen LogP contribution in [0.2, 0.25) is 0 Å². The number of sulfonamides is 1. The molecule has 1 heterocycles. The smallest absolute Gasteiger partial charge is 0.224 e. The zero-order valence-corrected chi connectivity index (χ0v) is 10.8. The van der Waals surface area contributed by atoms with Crippen LogP contribution in [0.3, 0.4) is 0 Å². The Labute approximate surface area is 104 Å². The van der Waals surface area contributed by atoms with E-state index in [-0.39, 0.29) is 10.6 Å². The van der Waals surface area contributed by atoms with Crippen molar-refractivity contribution in [1.29, 1.82) is 0 Å². The number of carbonyl (C=O) groups excluding carboxylic acids is 1. The van der Waals surface area contributed by atoms with E-state index in [1.807, 2.05) is 0 Å². The molecule has 0 radical (unpaired) electrons. The summed E-state index contributed by atoms with van der Waals surface area (Å²) in [5, 5.41) is 0. The number of fused-ring (bicyclic) bond motifs is 1. The van der Waals surface area contributed by atoms with Gasteiger partial charge in [-0.05, 0) is 24.5 Å². The molecule has 1 aromatic carbocycles. The maximum absolute atomic E-state index is 11.9. The molecule has 1 aliphatic heterocycles. The van der Waals surface area contributed by atoms with Gasteiger partial charge >= 0.3 is 0 Å². The Morgan fingerprint density at radius 3 is 2.67 bits per heavy atom. The molecule has 0 bridgehead atoms. The molecule has 0 spiro atoms. The molecule has 0 N–H and O–H groups in total. The number of hydrogen-bond donors (Lipinski definition) is 0. The van der Waals surface area contributed by atoms with Crippen LogP contribution in [0.4, 0.5) is 0 Å². The van der Waals surface area contributed by atoms with E-state index in [1.165, 1.54) is 6.07 Å². The molecular weight excluding hydrogens is 278 g/mol. The highest BCUT2D eigenvalue weighted by atomic mass is 32.2. The summed E-state index contributed by atoms with van der Waals surface area (Å²) in [5.41, 5.74) is 0.448. The fourth-order valence-corrected chi connectivity index (χ4v) is 5.15. The van der Waals surface area contributed by atoms with E-state index < -0.39 is 24.8 Å². The molecule has 0 aliphatic carbocycles. The maximum atomic E-state index is 11.9. The lowest BCUT2D eigenvalue weighted by atomic mass is 10.1. The molecule has 96 valence electrons. The van der Waals surface area contributed by atoms with Crippen LogP contribution in [0, 0.1) is 0 Å². The van der Waals surface area contributed by atoms with Crippen LogP contribution in [0.15, 0.2) is 32.4 Å². The van der Waals surface area contributed by atoms with Gasteiger partial charge in [-0.1, -0.05) is 16.5 Å². The number of isocyanates is 1. The lowest BCUT2D eigenvalue weighted by molar-refractivity contribution is 0.561. The number of benzene rings is 1. The standard InChI is InChI=1S/C10H9NO5S2/c12-7-11-18(15,16)9-5-1-3-8-4-2-6-17(13,14)10(8)9/h1,3,5H,2,4,6H2. The van der Waals surface area contributed by atoms with Crippen molar-refractivity contribution in [2.75, 3.05) is 5.75 Å². The average molecular weight is 287 g/mol. The van der Waals surface area contributed by atoms with Crippen molar-refractivity contribution in [2.45, 2.75) is 22.6 Å². The molecule has 0 fully saturated rings. The molecule has 0 saturated heterocycles. The topological polar surface area (TPSA) is 97.7 Å². The zero-order valence-electron chi connectivity index (χ0n) is 9.16. The second-order valence-corrected chi connectivity index (χ2v) is 7.44. The Morgan fingerprint density at radius 1 is 1.28 bits per heavy atom. The summed E-state index contributed by atoms with van der Waals surface area (Å²) in [7, 11) is -7.94. The summed E-state index contributed by atoms with van der Waals surface area (Å²) in [5.74, 6) is -0.0999. The van der Waals surface area contributed by atoms with Gasteiger partial charge in [0.2, 0.25) is 0 Å². The third kappa shape index (κ3) is 2.10. The summed E-state index contributed by atoms with van der Waals surface area (Å²) in [6.45, 7) is 0. The molecule has 2 rings (SSSR count). The average Bonchev–Trinajstić information content (AvgIpc) is 2.28. The minimum atomic E-state index is -4.30. The van der Waals surface area contributed by atoms with E-state index in [2.05, 4.69) is 4.40 Å². The summed E-state index contributed by atoms with van der Waals surface area (Å²) >= 11 is 0. The molecule has 8 heteroatoms. The lowest BCUT2D eigenvalue weighted by Gasteiger charge is -2.18. The van der Waals surface area contributed by atoms with E-state index in [0.29, 0.717) is 18.4 Å². The highest BCUT2D eigenvalue weighted by Gasteiger charge is 2.31. The van der Waals surface area contributed by atoms with Gasteiger partial charge in [-0.15, -0.1) is 0 Å². The van der Waals surface area contributed by atoms with Crippen molar-refractivity contribution >= 4 is 25.9 Å². The van der Waals surface area contributed by atoms with Crippen molar-refractivity contribution in [3.8, 4) is 0 Å². The number of nitrogens with zero attached hydrogens (tertiary/aromatic N) is 1. The molecule has 0 saturated carbocycles. The SMILES string of the molecule is O=C=NS(=O)(=O)c1cccc2c1S(=O)(=O)CCC2. The summed E-state index contributed by atoms with van der Waals surface area (Å²) in [6, 6.07) is 4.14. The third-order valence-electron chi connectivity index (χ3n) is 2.67. The van der Waals surface area contributed by atoms with Crippen LogP contribution in [-0.4, -0.2) is 28.7 Å². The Kier molecular flexibility index (Phi) is 3.10. The van der Waals surface area contributed by atoms with Crippen molar-refractivity contribution in [3.63, 3.8) is 0 Å². The van der Waals surface area contributed by atoms with Gasteiger partial charge in [0, 0.05) is 0 Å². The monoisotopic (exact) mass is 287 g/mol. The van der Waals surface area contributed by atoms with E-state index >= 15 is 0 Å². The minimum Gasteiger partial charge on any atom is -0.224 e. The molecule has 18 heavy (non-hydrogen) atoms. The molecule has 1 aliphatic rings. The van der Waals surface area contributed by atoms with Crippen molar-refractivity contribution in [2.24, 2.45) is 4.40 Å². The predicted octanol–water partition coefficient (Wildman–Crippen LogP) is 0.431. The van der Waals surface area contributed by atoms with Crippen LogP contribution in [0.1, 0.15) is 12.0 Å². The number of aryl methyl sites for hydroxylation is 1. The zero-order chi connectivity index (χ0) is 13.4. The molecular formula is C10H9NO5S2. The minimum absolute atomic E-state index is 0.0999. The van der Waals surface area contributed by atoms with E-state index in [4.69, 9.17) is 0 Å². The molecule has 0 aromatic heterocycles. The Bertz CT molecular complexity index is 742. The Morgan fingerprint density at radius 2 is 2.00 bits per heavy atom. The van der Waals surface area contributed by atoms with Crippen LogP contribution in [0.5, 0.6) is 0 Å². The summed E-state index contributed by atoms with van der Waals surface area (Å²) < 4.78 is 50.0. The van der Waals surface area contributed by atoms with Crippen molar-refractivity contribution < 1.29 is 21.6 Å². The quantitative estimate of drug-likeness (QED) is 0.580. The molecule has 0 amide bonds. The van der Waals surface area contributed by atoms with Crippen molar-refractivity contribution in [3.05, 3.63) is 23.8 Å². The Hall–Kier alpha value is -1.50. The van der Waals surface area contributed by atoms with Gasteiger partial charge in [0.1, 0.15) is 4.90 Å². The first-order valence-electron chi connectivity index (χ1n) is 5.07. The summed E-state index contributed by atoms with van der Waals surface area (Å²) in [4.78, 5) is 9.43. The molecule has 0 unspecified atom stereocenters. The second-order valence-electron chi connectivity index (χ2n) is 3.82. The number of sulfone groups is 1. The largest absolute Gasteiger partial charge is 0.293 e. The van der Waals surface area contributed by atoms with E-state index in [9.17, 15) is 21.6 Å². The van der Waals surface area contributed by atoms with Gasteiger partial charge in [0.15, 0.2) is 9.84 Å². The van der Waals surface area contributed by atoms with Crippen LogP contribution in [0.25, 0.3) is 0 Å². The molecule has 0 atom stereocenters. The van der Waals surface area contributed by atoms with Gasteiger partial charge in [0.05, 0.1) is 10.6 Å². The highest BCUT2D eigenvalue weighted by molar-refractivity contribution is 7.94. The van der Waals surface area contributed by atoms with Crippen LogP contribution >= 0.6 is 0 Å². The Balaban J connectivity index is 2.84. The second kappa shape index (κ2) is 4.31. The van der Waals surface area contributed by atoms with Gasteiger partial charge in [-0.2, -0.15) is 8.42 Å². The third-order valence-corrected chi connectivity index (χ3v) is 5.94. The van der Waals surface area contributed by atoms with Crippen LogP contribution in [-0.2, 0) is 31.1 Å². The van der Waals surface area contributed by atoms with Gasteiger partial charge in [0.25, 0.3) is 16.1 Å². The number of hydrogen-bond acceptors (Lipinski definition) is 5.